The van der Waals surface area contributed by atoms with Crippen molar-refractivity contribution in [3.05, 3.63) is 65.2 Å². The largest absolute Gasteiger partial charge is 0.378 e. The lowest BCUT2D eigenvalue weighted by atomic mass is 10.0. The van der Waals surface area contributed by atoms with E-state index in [4.69, 9.17) is 0 Å². The van der Waals surface area contributed by atoms with E-state index in [-0.39, 0.29) is 17.5 Å². The van der Waals surface area contributed by atoms with E-state index in [2.05, 4.69) is 10.6 Å². The van der Waals surface area contributed by atoms with Crippen LogP contribution in [0.4, 0.5) is 14.5 Å². The summed E-state index contributed by atoms with van der Waals surface area (Å²) < 4.78 is 26.7. The van der Waals surface area contributed by atoms with E-state index < -0.39 is 5.92 Å². The zero-order valence-corrected chi connectivity index (χ0v) is 16.9. The summed E-state index contributed by atoms with van der Waals surface area (Å²) >= 11 is 0. The van der Waals surface area contributed by atoms with Gasteiger partial charge < -0.3 is 15.5 Å². The number of nitrogens with zero attached hydrogens (tertiary/aromatic N) is 1. The second kappa shape index (κ2) is 9.64. The molecule has 0 aliphatic carbocycles. The number of hydrogen-bond acceptors (Lipinski definition) is 3. The molecule has 1 atom stereocenters. The smallest absolute Gasteiger partial charge is 0.270 e. The highest BCUT2D eigenvalue weighted by molar-refractivity contribution is 5.79. The molecule has 0 saturated heterocycles. The number of rotatable bonds is 9. The summed E-state index contributed by atoms with van der Waals surface area (Å²) in [7, 11) is 5.76. The third-order valence-electron chi connectivity index (χ3n) is 4.58. The average molecular weight is 389 g/mol. The van der Waals surface area contributed by atoms with Gasteiger partial charge in [0.05, 0.1) is 6.42 Å². The molecule has 0 spiro atoms. The third kappa shape index (κ3) is 6.60. The van der Waals surface area contributed by atoms with E-state index in [1.165, 1.54) is 12.1 Å². The van der Waals surface area contributed by atoms with E-state index in [0.29, 0.717) is 19.4 Å². The highest BCUT2D eigenvalue weighted by atomic mass is 19.3. The molecule has 1 amide bonds. The van der Waals surface area contributed by atoms with Gasteiger partial charge in [-0.2, -0.15) is 0 Å². The summed E-state index contributed by atoms with van der Waals surface area (Å²) in [5.41, 5.74) is 2.93. The Labute approximate surface area is 165 Å². The number of halogens is 2. The fourth-order valence-electron chi connectivity index (χ4n) is 3.01. The molecule has 2 aromatic rings. The van der Waals surface area contributed by atoms with Crippen molar-refractivity contribution in [3.8, 4) is 0 Å². The van der Waals surface area contributed by atoms with Gasteiger partial charge in [-0.3, -0.25) is 4.79 Å². The maximum Gasteiger partial charge on any atom is 0.270 e. The second-order valence-corrected chi connectivity index (χ2v) is 7.35. The molecule has 2 N–H and O–H groups in total. The number of anilines is 1. The first-order valence-electron chi connectivity index (χ1n) is 9.36. The molecule has 0 aliphatic rings. The first-order valence-corrected chi connectivity index (χ1v) is 9.36. The monoisotopic (exact) mass is 389 g/mol. The third-order valence-corrected chi connectivity index (χ3v) is 4.58. The average Bonchev–Trinajstić information content (AvgIpc) is 2.62. The molecule has 0 heterocycles. The van der Waals surface area contributed by atoms with Crippen molar-refractivity contribution in [3.63, 3.8) is 0 Å². The Bertz CT molecular complexity index is 753. The van der Waals surface area contributed by atoms with Crippen LogP contribution in [-0.4, -0.2) is 39.6 Å². The first kappa shape index (κ1) is 21.8. The van der Waals surface area contributed by atoms with E-state index >= 15 is 0 Å². The summed E-state index contributed by atoms with van der Waals surface area (Å²) in [5.74, 6) is -2.91. The predicted molar refractivity (Wildman–Crippen MR) is 110 cm³/mol. The Morgan fingerprint density at radius 2 is 1.61 bits per heavy atom. The van der Waals surface area contributed by atoms with Crippen molar-refractivity contribution >= 4 is 11.6 Å². The number of benzene rings is 2. The topological polar surface area (TPSA) is 44.4 Å². The fraction of sp³-hybridized carbons (Fsp3) is 0.409. The summed E-state index contributed by atoms with van der Waals surface area (Å²) in [6.45, 7) is 1.48. The lowest BCUT2D eigenvalue weighted by Crippen LogP contribution is -2.43. The van der Waals surface area contributed by atoms with Crippen LogP contribution in [0.3, 0.4) is 0 Å². The van der Waals surface area contributed by atoms with Crippen LogP contribution in [0.5, 0.6) is 0 Å². The number of hydrogen-bond donors (Lipinski definition) is 2. The van der Waals surface area contributed by atoms with Crippen LogP contribution in [-0.2, 0) is 23.6 Å². The van der Waals surface area contributed by atoms with Crippen molar-refractivity contribution in [2.45, 2.75) is 31.7 Å². The van der Waals surface area contributed by atoms with Crippen molar-refractivity contribution in [1.82, 2.24) is 10.6 Å². The molecule has 0 radical (unpaired) electrons. The maximum atomic E-state index is 13.3. The van der Waals surface area contributed by atoms with Crippen LogP contribution in [0.25, 0.3) is 0 Å². The van der Waals surface area contributed by atoms with Gasteiger partial charge in [-0.05, 0) is 36.7 Å². The number of nitrogens with one attached hydrogen (secondary N) is 2. The minimum absolute atomic E-state index is 0.00776. The van der Waals surface area contributed by atoms with Gasteiger partial charge in [0.2, 0.25) is 5.91 Å². The lowest BCUT2D eigenvalue weighted by molar-refractivity contribution is -0.121. The predicted octanol–water partition coefficient (Wildman–Crippen LogP) is 3.35. The standard InChI is InChI=1S/C22H29F2N3O/c1-22(23,24)18-9-5-16(6-10-18)13-19(15-25-2)26-21(28)14-17-7-11-20(12-8-17)27(3)4/h5-12,19,25H,13-15H2,1-4H3,(H,26,28)/t19-/m0/s1. The van der Waals surface area contributed by atoms with Crippen LogP contribution in [0.2, 0.25) is 0 Å². The first-order chi connectivity index (χ1) is 13.2. The molecule has 2 aromatic carbocycles. The van der Waals surface area contributed by atoms with E-state index in [0.717, 1.165) is 23.7 Å². The summed E-state index contributed by atoms with van der Waals surface area (Å²) in [6.07, 6.45) is 0.872. The molecular weight excluding hydrogens is 360 g/mol. The number of likely N-dealkylation sites (N-methyl/N-ethyl adjacent to an activating group) is 1. The molecule has 4 nitrogen and oxygen atoms in total. The lowest BCUT2D eigenvalue weighted by Gasteiger charge is -2.19. The Kier molecular flexibility index (Phi) is 7.52. The van der Waals surface area contributed by atoms with Crippen LogP contribution in [0.1, 0.15) is 23.6 Å². The molecule has 6 heteroatoms. The SMILES string of the molecule is CNC[C@H](Cc1ccc(C(C)(F)F)cc1)NC(=O)Cc1ccc(N(C)C)cc1. The Hall–Kier alpha value is -2.47. The minimum atomic E-state index is -2.85. The van der Waals surface area contributed by atoms with Crippen molar-refractivity contribution < 1.29 is 13.6 Å². The maximum absolute atomic E-state index is 13.3. The zero-order chi connectivity index (χ0) is 20.7. The van der Waals surface area contributed by atoms with Gasteiger partial charge >= 0.3 is 0 Å². The Morgan fingerprint density at radius 1 is 1.04 bits per heavy atom. The highest BCUT2D eigenvalue weighted by Crippen LogP contribution is 2.26. The highest BCUT2D eigenvalue weighted by Gasteiger charge is 2.23. The molecular formula is C22H29F2N3O. The van der Waals surface area contributed by atoms with Gasteiger partial charge in [0.1, 0.15) is 0 Å². The van der Waals surface area contributed by atoms with Crippen LogP contribution >= 0.6 is 0 Å². The molecule has 0 saturated carbocycles. The van der Waals surface area contributed by atoms with Crippen LogP contribution in [0.15, 0.2) is 48.5 Å². The Balaban J connectivity index is 1.96. The van der Waals surface area contributed by atoms with E-state index in [9.17, 15) is 13.6 Å². The molecule has 0 unspecified atom stereocenters. The van der Waals surface area contributed by atoms with Gasteiger partial charge in [0.15, 0.2) is 0 Å². The van der Waals surface area contributed by atoms with Crippen molar-refractivity contribution in [2.75, 3.05) is 32.6 Å². The zero-order valence-electron chi connectivity index (χ0n) is 16.9. The number of alkyl halides is 2. The normalized spacial score (nSPS) is 12.5. The van der Waals surface area contributed by atoms with Crippen molar-refractivity contribution in [2.24, 2.45) is 0 Å². The number of carbonyl (C=O) groups is 1. The van der Waals surface area contributed by atoms with E-state index in [1.807, 2.05) is 50.3 Å². The Morgan fingerprint density at radius 3 is 2.11 bits per heavy atom. The van der Waals surface area contributed by atoms with Gasteiger partial charge in [0.25, 0.3) is 5.92 Å². The number of amides is 1. The molecule has 28 heavy (non-hydrogen) atoms. The van der Waals surface area contributed by atoms with Gasteiger partial charge in [-0.15, -0.1) is 0 Å². The molecule has 0 aliphatic heterocycles. The van der Waals surface area contributed by atoms with E-state index in [1.54, 1.807) is 12.1 Å². The summed E-state index contributed by atoms with van der Waals surface area (Å²) in [6, 6.07) is 14.0. The van der Waals surface area contributed by atoms with Crippen molar-refractivity contribution in [1.29, 1.82) is 0 Å². The quantitative estimate of drug-likeness (QED) is 0.691. The number of carbonyl (C=O) groups excluding carboxylic acids is 1. The van der Waals surface area contributed by atoms with Crippen LogP contribution in [0, 0.1) is 0 Å². The fourth-order valence-corrected chi connectivity index (χ4v) is 3.01. The molecule has 152 valence electrons. The molecule has 0 fully saturated rings. The van der Waals surface area contributed by atoms with Gasteiger partial charge in [-0.1, -0.05) is 36.4 Å². The van der Waals surface area contributed by atoms with Gasteiger partial charge in [-0.25, -0.2) is 8.78 Å². The summed E-state index contributed by atoms with van der Waals surface area (Å²) in [4.78, 5) is 14.5. The molecule has 0 bridgehead atoms. The van der Waals surface area contributed by atoms with Crippen LogP contribution < -0.4 is 15.5 Å². The second-order valence-electron chi connectivity index (χ2n) is 7.35. The minimum Gasteiger partial charge on any atom is -0.378 e. The summed E-state index contributed by atoms with van der Waals surface area (Å²) in [5, 5.41) is 6.11. The molecule has 2 rings (SSSR count). The van der Waals surface area contributed by atoms with Gasteiger partial charge in [0, 0.05) is 44.9 Å². The molecule has 0 aromatic heterocycles.